The van der Waals surface area contributed by atoms with E-state index in [9.17, 15) is 21.6 Å². The van der Waals surface area contributed by atoms with Gasteiger partial charge in [-0.2, -0.15) is 0 Å². The van der Waals surface area contributed by atoms with E-state index in [1.54, 1.807) is 55.5 Å². The summed E-state index contributed by atoms with van der Waals surface area (Å²) in [6.45, 7) is 4.99. The van der Waals surface area contributed by atoms with E-state index in [0.717, 1.165) is 16.1 Å². The minimum absolute atomic E-state index is 0.147. The molecule has 162 valence electrons. The second-order valence-corrected chi connectivity index (χ2v) is 10.4. The molecule has 0 radical (unpaired) electrons. The zero-order valence-corrected chi connectivity index (χ0v) is 18.5. The summed E-state index contributed by atoms with van der Waals surface area (Å²) in [4.78, 5) is 12.5. The Bertz CT molecular complexity index is 1110. The van der Waals surface area contributed by atoms with Gasteiger partial charge in [0, 0.05) is 12.2 Å². The lowest BCUT2D eigenvalue weighted by molar-refractivity contribution is -0.114. The fraction of sp³-hybridized carbons (Fsp3) is 0.250. The number of nitrogens with one attached hydrogen (secondary N) is 2. The van der Waals surface area contributed by atoms with Gasteiger partial charge in [-0.05, 0) is 36.2 Å². The van der Waals surface area contributed by atoms with Crippen molar-refractivity contribution in [3.8, 4) is 0 Å². The topological polar surface area (TPSA) is 113 Å². The number of anilines is 2. The summed E-state index contributed by atoms with van der Waals surface area (Å²) >= 11 is 0. The third-order valence-electron chi connectivity index (χ3n) is 4.11. The van der Waals surface area contributed by atoms with E-state index in [4.69, 9.17) is 0 Å². The normalized spacial score (nSPS) is 11.7. The molecule has 2 aromatic carbocycles. The number of sulfonamides is 2. The van der Waals surface area contributed by atoms with Gasteiger partial charge in [0.1, 0.15) is 6.54 Å². The molecule has 0 aliphatic rings. The highest BCUT2D eigenvalue weighted by atomic mass is 32.2. The van der Waals surface area contributed by atoms with Gasteiger partial charge in [0.2, 0.25) is 26.0 Å². The summed E-state index contributed by atoms with van der Waals surface area (Å²) in [5.41, 5.74) is 2.13. The van der Waals surface area contributed by atoms with Crippen LogP contribution in [-0.4, -0.2) is 42.1 Å². The van der Waals surface area contributed by atoms with Crippen LogP contribution in [0.3, 0.4) is 0 Å². The molecule has 0 aromatic heterocycles. The van der Waals surface area contributed by atoms with Crippen LogP contribution in [0.1, 0.15) is 11.1 Å². The third-order valence-corrected chi connectivity index (χ3v) is 6.56. The molecule has 2 rings (SSSR count). The van der Waals surface area contributed by atoms with E-state index in [1.807, 2.05) is 0 Å². The quantitative estimate of drug-likeness (QED) is 0.537. The average Bonchev–Trinajstić information content (AvgIpc) is 2.66. The van der Waals surface area contributed by atoms with Gasteiger partial charge in [-0.25, -0.2) is 21.6 Å². The van der Waals surface area contributed by atoms with Crippen LogP contribution >= 0.6 is 0 Å². The van der Waals surface area contributed by atoms with Gasteiger partial charge in [-0.1, -0.05) is 36.4 Å². The monoisotopic (exact) mass is 451 g/mol. The maximum Gasteiger partial charge on any atom is 0.245 e. The predicted molar refractivity (Wildman–Crippen MR) is 119 cm³/mol. The zero-order chi connectivity index (χ0) is 22.4. The van der Waals surface area contributed by atoms with E-state index in [1.165, 1.54) is 6.08 Å². The van der Waals surface area contributed by atoms with Crippen molar-refractivity contribution >= 4 is 37.3 Å². The molecule has 2 N–H and O–H groups in total. The van der Waals surface area contributed by atoms with Crippen molar-refractivity contribution in [1.29, 1.82) is 0 Å². The van der Waals surface area contributed by atoms with Crippen molar-refractivity contribution in [2.75, 3.05) is 29.0 Å². The van der Waals surface area contributed by atoms with Crippen molar-refractivity contribution < 1.29 is 21.6 Å². The summed E-state index contributed by atoms with van der Waals surface area (Å²) < 4.78 is 51.6. The van der Waals surface area contributed by atoms with Crippen LogP contribution in [0.5, 0.6) is 0 Å². The van der Waals surface area contributed by atoms with Crippen LogP contribution in [0, 0.1) is 6.92 Å². The fourth-order valence-corrected chi connectivity index (χ4v) is 4.71. The van der Waals surface area contributed by atoms with Crippen LogP contribution in [0.25, 0.3) is 0 Å². The van der Waals surface area contributed by atoms with Gasteiger partial charge in [0.05, 0.1) is 17.7 Å². The maximum atomic E-state index is 12.5. The first-order valence-electron chi connectivity index (χ1n) is 9.02. The highest BCUT2D eigenvalue weighted by Crippen LogP contribution is 2.22. The van der Waals surface area contributed by atoms with Crippen molar-refractivity contribution in [3.05, 3.63) is 72.3 Å². The molecule has 0 unspecified atom stereocenters. The lowest BCUT2D eigenvalue weighted by Crippen LogP contribution is -2.37. The van der Waals surface area contributed by atoms with Crippen LogP contribution in [0.2, 0.25) is 0 Å². The predicted octanol–water partition coefficient (Wildman–Crippen LogP) is 2.01. The first kappa shape index (κ1) is 23.6. The number of nitrogens with zero attached hydrogens (tertiary/aromatic N) is 1. The third kappa shape index (κ3) is 6.97. The van der Waals surface area contributed by atoms with E-state index >= 15 is 0 Å². The summed E-state index contributed by atoms with van der Waals surface area (Å²) in [5, 5.41) is 2.63. The summed E-state index contributed by atoms with van der Waals surface area (Å²) in [5.74, 6) is -0.721. The molecule has 0 fully saturated rings. The van der Waals surface area contributed by atoms with Crippen molar-refractivity contribution in [2.45, 2.75) is 12.7 Å². The molecule has 2 aromatic rings. The molecular formula is C20H25N3O5S2. The molecule has 0 bridgehead atoms. The number of carbonyl (C=O) groups is 1. The van der Waals surface area contributed by atoms with Gasteiger partial charge < -0.3 is 5.32 Å². The van der Waals surface area contributed by atoms with E-state index < -0.39 is 26.0 Å². The molecule has 30 heavy (non-hydrogen) atoms. The minimum Gasteiger partial charge on any atom is -0.325 e. The SMILES string of the molecule is C=CCNS(=O)(=O)Cc1ccc(NC(=O)CN(c2ccccc2C)S(C)(=O)=O)cc1. The molecule has 8 nitrogen and oxygen atoms in total. The molecule has 0 aliphatic heterocycles. The second kappa shape index (κ2) is 9.88. The second-order valence-electron chi connectivity index (χ2n) is 6.70. The van der Waals surface area contributed by atoms with Crippen molar-refractivity contribution in [2.24, 2.45) is 0 Å². The summed E-state index contributed by atoms with van der Waals surface area (Å²) in [6, 6.07) is 13.2. The molecule has 10 heteroatoms. The highest BCUT2D eigenvalue weighted by Gasteiger charge is 2.22. The Kier molecular flexibility index (Phi) is 7.77. The van der Waals surface area contributed by atoms with Gasteiger partial charge >= 0.3 is 0 Å². The number of benzene rings is 2. The van der Waals surface area contributed by atoms with E-state index in [0.29, 0.717) is 16.9 Å². The number of amides is 1. The first-order valence-corrected chi connectivity index (χ1v) is 12.5. The van der Waals surface area contributed by atoms with Gasteiger partial charge in [-0.15, -0.1) is 6.58 Å². The number of hydrogen-bond donors (Lipinski definition) is 2. The molecule has 0 saturated heterocycles. The van der Waals surface area contributed by atoms with E-state index in [-0.39, 0.29) is 18.8 Å². The average molecular weight is 452 g/mol. The Hall–Kier alpha value is -2.69. The lowest BCUT2D eigenvalue weighted by Gasteiger charge is -2.23. The largest absolute Gasteiger partial charge is 0.325 e. The molecule has 0 spiro atoms. The highest BCUT2D eigenvalue weighted by molar-refractivity contribution is 7.92. The van der Waals surface area contributed by atoms with Crippen LogP contribution in [0.15, 0.2) is 61.2 Å². The summed E-state index contributed by atoms with van der Waals surface area (Å²) in [6.07, 6.45) is 2.50. The van der Waals surface area contributed by atoms with Gasteiger partial charge in [-0.3, -0.25) is 9.10 Å². The number of hydrogen-bond acceptors (Lipinski definition) is 5. The lowest BCUT2D eigenvalue weighted by atomic mass is 10.2. The smallest absolute Gasteiger partial charge is 0.245 e. The molecule has 0 heterocycles. The zero-order valence-electron chi connectivity index (χ0n) is 16.8. The first-order chi connectivity index (χ1) is 14.0. The number of carbonyl (C=O) groups excluding carboxylic acids is 1. The number of aryl methyl sites for hydroxylation is 1. The fourth-order valence-electron chi connectivity index (χ4n) is 2.70. The summed E-state index contributed by atoms with van der Waals surface area (Å²) in [7, 11) is -7.15. The molecule has 0 atom stereocenters. The van der Waals surface area contributed by atoms with Crippen LogP contribution in [0.4, 0.5) is 11.4 Å². The minimum atomic E-state index is -3.67. The Morgan fingerprint density at radius 3 is 2.27 bits per heavy atom. The van der Waals surface area contributed by atoms with E-state index in [2.05, 4.69) is 16.6 Å². The molecule has 0 saturated carbocycles. The Morgan fingerprint density at radius 1 is 1.07 bits per heavy atom. The molecule has 1 amide bonds. The van der Waals surface area contributed by atoms with Gasteiger partial charge in [0.25, 0.3) is 0 Å². The molecule has 0 aliphatic carbocycles. The number of rotatable bonds is 10. The maximum absolute atomic E-state index is 12.5. The van der Waals surface area contributed by atoms with Crippen LogP contribution < -0.4 is 14.3 Å². The number of para-hydroxylation sites is 1. The molecular weight excluding hydrogens is 426 g/mol. The Labute approximate surface area is 177 Å². The Balaban J connectivity index is 2.08. The van der Waals surface area contributed by atoms with Crippen LogP contribution in [-0.2, 0) is 30.6 Å². The van der Waals surface area contributed by atoms with Crippen molar-refractivity contribution in [1.82, 2.24) is 4.72 Å². The van der Waals surface area contributed by atoms with Gasteiger partial charge in [0.15, 0.2) is 0 Å². The van der Waals surface area contributed by atoms with Crippen molar-refractivity contribution in [3.63, 3.8) is 0 Å². The Morgan fingerprint density at radius 2 is 1.70 bits per heavy atom. The standard InChI is InChI=1S/C20H25N3O5S2/c1-4-13-21-30(27,28)15-17-9-11-18(12-10-17)22-20(24)14-23(29(3,25)26)19-8-6-5-7-16(19)2/h4-12,21H,1,13-15H2,2-3H3,(H,22,24).